The molecule has 0 amide bonds. The Morgan fingerprint density at radius 1 is 1.23 bits per heavy atom. The number of ketones is 1. The quantitative estimate of drug-likeness (QED) is 0.877. The van der Waals surface area contributed by atoms with Gasteiger partial charge in [0.1, 0.15) is 5.75 Å². The number of rotatable bonds is 3. The molecule has 0 unspecified atom stereocenters. The number of aromatic nitrogens is 1. The summed E-state index contributed by atoms with van der Waals surface area (Å²) in [4.78, 5) is 13.1. The third-order valence-electron chi connectivity index (χ3n) is 5.56. The van der Waals surface area contributed by atoms with E-state index in [2.05, 4.69) is 36.5 Å². The highest BCUT2D eigenvalue weighted by molar-refractivity contribution is 6.00. The van der Waals surface area contributed by atoms with Crippen LogP contribution in [0.4, 0.5) is 5.88 Å². The number of carbonyl (C=O) groups is 1. The van der Waals surface area contributed by atoms with E-state index in [0.717, 1.165) is 40.3 Å². The summed E-state index contributed by atoms with van der Waals surface area (Å²) in [6.07, 6.45) is 1.34. The number of nitrogens with zero attached hydrogens (tertiary/aromatic N) is 1. The van der Waals surface area contributed by atoms with Crippen LogP contribution in [0.1, 0.15) is 55.3 Å². The van der Waals surface area contributed by atoms with E-state index in [0.29, 0.717) is 18.2 Å². The molecule has 1 N–H and O–H groups in total. The van der Waals surface area contributed by atoms with E-state index in [1.165, 1.54) is 0 Å². The summed E-state index contributed by atoms with van der Waals surface area (Å²) in [6, 6.07) is 8.00. The van der Waals surface area contributed by atoms with Gasteiger partial charge in [-0.1, -0.05) is 31.1 Å². The predicted molar refractivity (Wildman–Crippen MR) is 99.4 cm³/mol. The largest absolute Gasteiger partial charge is 0.497 e. The van der Waals surface area contributed by atoms with Gasteiger partial charge in [-0.15, -0.1) is 0 Å². The van der Waals surface area contributed by atoms with Gasteiger partial charge in [0, 0.05) is 29.2 Å². The smallest absolute Gasteiger partial charge is 0.232 e. The number of allylic oxidation sites excluding steroid dienone is 2. The van der Waals surface area contributed by atoms with Crippen molar-refractivity contribution in [3.8, 4) is 5.75 Å². The molecule has 1 aliphatic carbocycles. The predicted octanol–water partition coefficient (Wildman–Crippen LogP) is 4.56. The average Bonchev–Trinajstić information content (AvgIpc) is 3.00. The van der Waals surface area contributed by atoms with Crippen LogP contribution in [0.5, 0.6) is 5.75 Å². The van der Waals surface area contributed by atoms with Crippen LogP contribution in [0.2, 0.25) is 0 Å². The van der Waals surface area contributed by atoms with Crippen LogP contribution in [0.15, 0.2) is 40.1 Å². The van der Waals surface area contributed by atoms with Crippen molar-refractivity contribution >= 4 is 11.7 Å². The van der Waals surface area contributed by atoms with Gasteiger partial charge in [0.15, 0.2) is 5.78 Å². The monoisotopic (exact) mass is 352 g/mol. The molecule has 5 nitrogen and oxygen atoms in total. The third-order valence-corrected chi connectivity index (χ3v) is 5.56. The first-order valence-corrected chi connectivity index (χ1v) is 9.13. The lowest BCUT2D eigenvalue weighted by atomic mass is 9.71. The third kappa shape index (κ3) is 2.62. The topological polar surface area (TPSA) is 64.4 Å². The Hall–Kier alpha value is -2.56. The lowest BCUT2D eigenvalue weighted by Gasteiger charge is -2.35. The Morgan fingerprint density at radius 2 is 1.96 bits per heavy atom. The Bertz CT molecular complexity index is 877. The molecule has 26 heavy (non-hydrogen) atoms. The zero-order valence-corrected chi connectivity index (χ0v) is 15.6. The highest BCUT2D eigenvalue weighted by Crippen LogP contribution is 2.49. The average molecular weight is 352 g/mol. The molecule has 2 atom stereocenters. The van der Waals surface area contributed by atoms with Crippen LogP contribution in [-0.2, 0) is 4.79 Å². The number of anilines is 1. The highest BCUT2D eigenvalue weighted by Gasteiger charge is 2.41. The second kappa shape index (κ2) is 6.31. The Balaban J connectivity index is 1.71. The standard InChI is InChI=1S/C21H24N2O3/c1-11(2)18-19-12(3)23-26-21(19)22-16-9-14(10-17(24)20(16)18)13-5-7-15(25-4)8-6-13/h5-8,11,14,18,22H,9-10H2,1-4H3/t14-,18+/m0/s1. The fourth-order valence-electron chi connectivity index (χ4n) is 4.30. The molecule has 1 aliphatic heterocycles. The fraction of sp³-hybridized carbons (Fsp3) is 0.429. The number of ether oxygens (including phenoxy) is 1. The molecule has 0 radical (unpaired) electrons. The molecule has 2 aromatic rings. The van der Waals surface area contributed by atoms with Gasteiger partial charge in [-0.05, 0) is 42.9 Å². The van der Waals surface area contributed by atoms with Gasteiger partial charge in [-0.3, -0.25) is 4.79 Å². The molecule has 5 heteroatoms. The number of nitrogens with one attached hydrogen (secondary N) is 1. The summed E-state index contributed by atoms with van der Waals surface area (Å²) < 4.78 is 10.7. The molecule has 0 saturated carbocycles. The molecule has 0 spiro atoms. The summed E-state index contributed by atoms with van der Waals surface area (Å²) in [5, 5.41) is 7.48. The maximum Gasteiger partial charge on any atom is 0.232 e. The molecule has 0 fully saturated rings. The number of hydrogen-bond donors (Lipinski definition) is 1. The number of methoxy groups -OCH3 is 1. The van der Waals surface area contributed by atoms with Gasteiger partial charge in [-0.25, -0.2) is 0 Å². The number of aryl methyl sites for hydroxylation is 1. The van der Waals surface area contributed by atoms with Crippen molar-refractivity contribution in [3.63, 3.8) is 0 Å². The molecule has 136 valence electrons. The van der Waals surface area contributed by atoms with Crippen molar-refractivity contribution in [1.29, 1.82) is 0 Å². The number of benzene rings is 1. The summed E-state index contributed by atoms with van der Waals surface area (Å²) in [7, 11) is 1.66. The number of Topliss-reactive ketones (excluding diaryl/α,β-unsaturated/α-hetero) is 1. The molecule has 4 rings (SSSR count). The molecule has 2 heterocycles. The molecule has 1 aromatic heterocycles. The van der Waals surface area contributed by atoms with Crippen LogP contribution in [0, 0.1) is 12.8 Å². The van der Waals surface area contributed by atoms with E-state index in [-0.39, 0.29) is 17.6 Å². The van der Waals surface area contributed by atoms with E-state index in [1.54, 1.807) is 7.11 Å². The minimum Gasteiger partial charge on any atom is -0.497 e. The van der Waals surface area contributed by atoms with Gasteiger partial charge >= 0.3 is 0 Å². The number of carbonyl (C=O) groups excluding carboxylic acids is 1. The summed E-state index contributed by atoms with van der Waals surface area (Å²) in [6.45, 7) is 6.25. The number of hydrogen-bond acceptors (Lipinski definition) is 5. The van der Waals surface area contributed by atoms with E-state index in [9.17, 15) is 4.79 Å². The van der Waals surface area contributed by atoms with Gasteiger partial charge in [0.05, 0.1) is 12.8 Å². The fourth-order valence-corrected chi connectivity index (χ4v) is 4.30. The zero-order chi connectivity index (χ0) is 18.4. The van der Waals surface area contributed by atoms with Gasteiger partial charge < -0.3 is 14.6 Å². The van der Waals surface area contributed by atoms with Gasteiger partial charge in [0.2, 0.25) is 5.88 Å². The normalized spacial score (nSPS) is 22.1. The molecule has 1 aromatic carbocycles. The molecule has 2 aliphatic rings. The lowest BCUT2D eigenvalue weighted by molar-refractivity contribution is -0.116. The first-order chi connectivity index (χ1) is 12.5. The van der Waals surface area contributed by atoms with Crippen molar-refractivity contribution in [2.24, 2.45) is 5.92 Å². The first kappa shape index (κ1) is 16.9. The van der Waals surface area contributed by atoms with E-state index in [4.69, 9.17) is 9.26 Å². The van der Waals surface area contributed by atoms with Crippen LogP contribution in [0.3, 0.4) is 0 Å². The second-order valence-corrected chi connectivity index (χ2v) is 7.55. The van der Waals surface area contributed by atoms with Crippen molar-refractivity contribution in [1.82, 2.24) is 5.16 Å². The first-order valence-electron chi connectivity index (χ1n) is 9.13. The molecular formula is C21H24N2O3. The van der Waals surface area contributed by atoms with E-state index in [1.807, 2.05) is 19.1 Å². The van der Waals surface area contributed by atoms with Crippen LogP contribution >= 0.6 is 0 Å². The van der Waals surface area contributed by atoms with Gasteiger partial charge in [-0.2, -0.15) is 0 Å². The minimum absolute atomic E-state index is 0.0526. The maximum absolute atomic E-state index is 13.1. The molecule has 0 bridgehead atoms. The second-order valence-electron chi connectivity index (χ2n) is 7.55. The van der Waals surface area contributed by atoms with Gasteiger partial charge in [0.25, 0.3) is 0 Å². The summed E-state index contributed by atoms with van der Waals surface area (Å²) >= 11 is 0. The van der Waals surface area contributed by atoms with Crippen molar-refractivity contribution in [2.45, 2.75) is 45.4 Å². The van der Waals surface area contributed by atoms with Crippen molar-refractivity contribution < 1.29 is 14.1 Å². The van der Waals surface area contributed by atoms with E-state index < -0.39 is 0 Å². The zero-order valence-electron chi connectivity index (χ0n) is 15.6. The van der Waals surface area contributed by atoms with Crippen LogP contribution in [0.25, 0.3) is 0 Å². The van der Waals surface area contributed by atoms with E-state index >= 15 is 0 Å². The number of fused-ring (bicyclic) bond motifs is 1. The van der Waals surface area contributed by atoms with Crippen LogP contribution in [-0.4, -0.2) is 18.0 Å². The molecule has 0 saturated heterocycles. The molecular weight excluding hydrogens is 328 g/mol. The lowest BCUT2D eigenvalue weighted by Crippen LogP contribution is -2.31. The Labute approximate surface area is 153 Å². The highest BCUT2D eigenvalue weighted by atomic mass is 16.5. The summed E-state index contributed by atoms with van der Waals surface area (Å²) in [5.74, 6) is 2.27. The SMILES string of the molecule is COc1ccc([C@@H]2CC(=O)C3=C(C2)Nc2onc(C)c2[C@H]3C(C)C)cc1. The Kier molecular flexibility index (Phi) is 4.10. The van der Waals surface area contributed by atoms with Crippen LogP contribution < -0.4 is 10.1 Å². The Morgan fingerprint density at radius 3 is 2.62 bits per heavy atom. The minimum atomic E-state index is 0.0526. The van der Waals surface area contributed by atoms with Crippen molar-refractivity contribution in [3.05, 3.63) is 52.4 Å². The van der Waals surface area contributed by atoms with Crippen molar-refractivity contribution in [2.75, 3.05) is 12.4 Å². The maximum atomic E-state index is 13.1. The summed E-state index contributed by atoms with van der Waals surface area (Å²) in [5.41, 5.74) is 4.97.